The van der Waals surface area contributed by atoms with E-state index < -0.39 is 0 Å². The Kier molecular flexibility index (Phi) is 5.34. The van der Waals surface area contributed by atoms with Gasteiger partial charge in [0.25, 0.3) is 0 Å². The number of pyridine rings is 1. The molecule has 3 nitrogen and oxygen atoms in total. The van der Waals surface area contributed by atoms with Gasteiger partial charge >= 0.3 is 0 Å². The number of aromatic nitrogens is 1. The first kappa shape index (κ1) is 15.5. The summed E-state index contributed by atoms with van der Waals surface area (Å²) in [6.45, 7) is 10.4. The maximum Gasteiger partial charge on any atom is 0.150 e. The van der Waals surface area contributed by atoms with E-state index in [0.29, 0.717) is 5.92 Å². The van der Waals surface area contributed by atoms with E-state index in [1.54, 1.807) is 12.4 Å². The summed E-state index contributed by atoms with van der Waals surface area (Å²) < 4.78 is 6.02. The molecular formula is C18H24N2O. The molecule has 0 aliphatic heterocycles. The van der Waals surface area contributed by atoms with Crippen molar-refractivity contribution in [2.24, 2.45) is 0 Å². The number of aryl methyl sites for hydroxylation is 1. The van der Waals surface area contributed by atoms with Crippen LogP contribution in [0.4, 0.5) is 0 Å². The highest BCUT2D eigenvalue weighted by Gasteiger charge is 2.08. The number of hydrogen-bond donors (Lipinski definition) is 1. The summed E-state index contributed by atoms with van der Waals surface area (Å²) in [6.07, 6.45) is 3.57. The first-order valence-electron chi connectivity index (χ1n) is 7.53. The van der Waals surface area contributed by atoms with Gasteiger partial charge in [0.1, 0.15) is 11.5 Å². The van der Waals surface area contributed by atoms with Crippen LogP contribution in [0.25, 0.3) is 0 Å². The molecule has 0 saturated carbocycles. The van der Waals surface area contributed by atoms with Crippen molar-refractivity contribution in [3.05, 3.63) is 53.3 Å². The lowest BCUT2D eigenvalue weighted by Crippen LogP contribution is -2.12. The van der Waals surface area contributed by atoms with Gasteiger partial charge < -0.3 is 10.1 Å². The van der Waals surface area contributed by atoms with Crippen molar-refractivity contribution >= 4 is 0 Å². The Hall–Kier alpha value is -1.87. The molecule has 1 heterocycles. The summed E-state index contributed by atoms with van der Waals surface area (Å²) in [4.78, 5) is 4.17. The lowest BCUT2D eigenvalue weighted by atomic mass is 9.98. The summed E-state index contributed by atoms with van der Waals surface area (Å²) in [7, 11) is 0. The van der Waals surface area contributed by atoms with Gasteiger partial charge in [-0.25, -0.2) is 0 Å². The fourth-order valence-electron chi connectivity index (χ4n) is 2.39. The van der Waals surface area contributed by atoms with Gasteiger partial charge in [0, 0.05) is 18.3 Å². The van der Waals surface area contributed by atoms with Crippen LogP contribution in [-0.2, 0) is 6.54 Å². The van der Waals surface area contributed by atoms with Crippen molar-refractivity contribution < 1.29 is 4.74 Å². The molecule has 2 aromatic rings. The van der Waals surface area contributed by atoms with Crippen LogP contribution in [0, 0.1) is 6.92 Å². The molecular weight excluding hydrogens is 260 g/mol. The summed E-state index contributed by atoms with van der Waals surface area (Å²) >= 11 is 0. The number of hydrogen-bond acceptors (Lipinski definition) is 3. The van der Waals surface area contributed by atoms with Crippen LogP contribution in [0.15, 0.2) is 36.7 Å². The lowest BCUT2D eigenvalue weighted by molar-refractivity contribution is 0.470. The third kappa shape index (κ3) is 4.05. The molecule has 112 valence electrons. The highest BCUT2D eigenvalue weighted by molar-refractivity contribution is 5.40. The molecule has 2 rings (SSSR count). The Morgan fingerprint density at radius 2 is 2.05 bits per heavy atom. The number of benzene rings is 1. The summed E-state index contributed by atoms with van der Waals surface area (Å²) in [5.41, 5.74) is 3.75. The zero-order chi connectivity index (χ0) is 15.2. The Morgan fingerprint density at radius 1 is 1.24 bits per heavy atom. The van der Waals surface area contributed by atoms with Crippen LogP contribution in [0.1, 0.15) is 43.4 Å². The van der Waals surface area contributed by atoms with Crippen LogP contribution in [0.2, 0.25) is 0 Å². The molecule has 0 atom stereocenters. The van der Waals surface area contributed by atoms with Crippen LogP contribution in [-0.4, -0.2) is 11.5 Å². The fourth-order valence-corrected chi connectivity index (χ4v) is 2.39. The molecule has 0 aliphatic carbocycles. The number of nitrogens with zero attached hydrogens (tertiary/aromatic N) is 1. The van der Waals surface area contributed by atoms with Gasteiger partial charge in [-0.1, -0.05) is 26.8 Å². The van der Waals surface area contributed by atoms with E-state index in [4.69, 9.17) is 4.74 Å². The van der Waals surface area contributed by atoms with E-state index in [-0.39, 0.29) is 0 Å². The molecule has 0 amide bonds. The van der Waals surface area contributed by atoms with Crippen molar-refractivity contribution in [2.45, 2.75) is 40.2 Å². The molecule has 0 fully saturated rings. The first-order valence-corrected chi connectivity index (χ1v) is 7.53. The molecule has 3 heteroatoms. The monoisotopic (exact) mass is 284 g/mol. The Balaban J connectivity index is 2.20. The molecule has 0 bridgehead atoms. The van der Waals surface area contributed by atoms with E-state index in [1.807, 2.05) is 12.1 Å². The van der Waals surface area contributed by atoms with E-state index in [0.717, 1.165) is 30.2 Å². The van der Waals surface area contributed by atoms with Gasteiger partial charge in [0.2, 0.25) is 0 Å². The van der Waals surface area contributed by atoms with Crippen LogP contribution in [0.5, 0.6) is 11.5 Å². The van der Waals surface area contributed by atoms with E-state index in [1.165, 1.54) is 11.1 Å². The molecule has 21 heavy (non-hydrogen) atoms. The molecule has 1 aromatic heterocycles. The normalized spacial score (nSPS) is 10.9. The smallest absolute Gasteiger partial charge is 0.150 e. The van der Waals surface area contributed by atoms with Crippen molar-refractivity contribution in [2.75, 3.05) is 6.54 Å². The number of nitrogens with one attached hydrogen (secondary N) is 1. The third-order valence-electron chi connectivity index (χ3n) is 3.53. The molecule has 0 spiro atoms. The van der Waals surface area contributed by atoms with Gasteiger partial charge in [-0.15, -0.1) is 0 Å². The first-order chi connectivity index (χ1) is 10.1. The predicted octanol–water partition coefficient (Wildman–Crippen LogP) is 4.42. The summed E-state index contributed by atoms with van der Waals surface area (Å²) in [5.74, 6) is 2.21. The molecule has 0 radical (unpaired) electrons. The molecule has 1 N–H and O–H groups in total. The average Bonchev–Trinajstić information content (AvgIpc) is 2.46. The highest BCUT2D eigenvalue weighted by atomic mass is 16.5. The highest BCUT2D eigenvalue weighted by Crippen LogP contribution is 2.28. The maximum atomic E-state index is 6.02. The zero-order valence-corrected chi connectivity index (χ0v) is 13.3. The van der Waals surface area contributed by atoms with Gasteiger partial charge in [-0.05, 0) is 48.7 Å². The molecule has 0 unspecified atom stereocenters. The van der Waals surface area contributed by atoms with Crippen LogP contribution < -0.4 is 10.1 Å². The van der Waals surface area contributed by atoms with Crippen LogP contribution in [0.3, 0.4) is 0 Å². The summed E-state index contributed by atoms with van der Waals surface area (Å²) in [5, 5.41) is 3.32. The van der Waals surface area contributed by atoms with Gasteiger partial charge in [-0.3, -0.25) is 4.98 Å². The molecule has 0 saturated heterocycles. The lowest BCUT2D eigenvalue weighted by Gasteiger charge is -2.14. The predicted molar refractivity (Wildman–Crippen MR) is 87.0 cm³/mol. The van der Waals surface area contributed by atoms with Gasteiger partial charge in [0.05, 0.1) is 6.20 Å². The molecule has 0 aliphatic rings. The standard InChI is InChI=1S/C18H24N2O/c1-5-19-11-15-8-9-20-12-18(15)21-16-6-7-17(13(2)3)14(4)10-16/h6-10,12-13,19H,5,11H2,1-4H3. The second-order valence-electron chi connectivity index (χ2n) is 5.54. The van der Waals surface area contributed by atoms with Gasteiger partial charge in [-0.2, -0.15) is 0 Å². The van der Waals surface area contributed by atoms with Crippen LogP contribution >= 0.6 is 0 Å². The minimum Gasteiger partial charge on any atom is -0.455 e. The minimum atomic E-state index is 0.529. The maximum absolute atomic E-state index is 6.02. The number of ether oxygens (including phenoxy) is 1. The van der Waals surface area contributed by atoms with Crippen molar-refractivity contribution in [3.8, 4) is 11.5 Å². The molecule has 1 aromatic carbocycles. The Labute approximate surface area is 127 Å². The van der Waals surface area contributed by atoms with E-state index in [2.05, 4.69) is 50.1 Å². The number of rotatable bonds is 6. The second kappa shape index (κ2) is 7.23. The van der Waals surface area contributed by atoms with E-state index >= 15 is 0 Å². The van der Waals surface area contributed by atoms with Crippen molar-refractivity contribution in [1.82, 2.24) is 10.3 Å². The largest absolute Gasteiger partial charge is 0.455 e. The zero-order valence-electron chi connectivity index (χ0n) is 13.3. The summed E-state index contributed by atoms with van der Waals surface area (Å²) in [6, 6.07) is 8.27. The third-order valence-corrected chi connectivity index (χ3v) is 3.53. The van der Waals surface area contributed by atoms with E-state index in [9.17, 15) is 0 Å². The SMILES string of the molecule is CCNCc1ccncc1Oc1ccc(C(C)C)c(C)c1. The Morgan fingerprint density at radius 3 is 2.71 bits per heavy atom. The Bertz CT molecular complexity index is 594. The minimum absolute atomic E-state index is 0.529. The topological polar surface area (TPSA) is 34.2 Å². The fraction of sp³-hybridized carbons (Fsp3) is 0.389. The quantitative estimate of drug-likeness (QED) is 0.853. The van der Waals surface area contributed by atoms with Gasteiger partial charge in [0.15, 0.2) is 0 Å². The average molecular weight is 284 g/mol. The second-order valence-corrected chi connectivity index (χ2v) is 5.54. The van der Waals surface area contributed by atoms with Crippen molar-refractivity contribution in [3.63, 3.8) is 0 Å². The van der Waals surface area contributed by atoms with Crippen molar-refractivity contribution in [1.29, 1.82) is 0 Å².